The summed E-state index contributed by atoms with van der Waals surface area (Å²) in [6.45, 7) is 2.11. The van der Waals surface area contributed by atoms with E-state index in [1.165, 1.54) is 16.0 Å². The summed E-state index contributed by atoms with van der Waals surface area (Å²) in [6, 6.07) is 20.9. The first-order valence-corrected chi connectivity index (χ1v) is 8.61. The lowest BCUT2D eigenvalue weighted by molar-refractivity contribution is 0.508. The van der Waals surface area contributed by atoms with Crippen molar-refractivity contribution in [3.63, 3.8) is 0 Å². The van der Waals surface area contributed by atoms with Gasteiger partial charge in [-0.3, -0.25) is 4.99 Å². The van der Waals surface area contributed by atoms with E-state index in [4.69, 9.17) is 9.41 Å². The van der Waals surface area contributed by atoms with E-state index in [0.29, 0.717) is 0 Å². The minimum absolute atomic E-state index is 0.244. The Kier molecular flexibility index (Phi) is 3.80. The lowest BCUT2D eigenvalue weighted by Gasteiger charge is -2.13. The number of hydrogen-bond donors (Lipinski definition) is 0. The molecule has 2 aromatic carbocycles. The van der Waals surface area contributed by atoms with Crippen LogP contribution in [-0.4, -0.2) is 5.71 Å². The van der Waals surface area contributed by atoms with E-state index >= 15 is 0 Å². The molecule has 3 heteroatoms. The molecular formula is C20H17NOS. The van der Waals surface area contributed by atoms with Crippen molar-refractivity contribution < 1.29 is 4.42 Å². The predicted octanol–water partition coefficient (Wildman–Crippen LogP) is 5.95. The fourth-order valence-corrected chi connectivity index (χ4v) is 3.96. The number of nitrogens with zero attached hydrogens (tertiary/aromatic N) is 1. The molecule has 4 rings (SSSR count). The van der Waals surface area contributed by atoms with Crippen molar-refractivity contribution in [2.75, 3.05) is 0 Å². The smallest absolute Gasteiger partial charge is 0.117 e. The van der Waals surface area contributed by atoms with Crippen molar-refractivity contribution in [3.05, 3.63) is 83.8 Å². The van der Waals surface area contributed by atoms with Gasteiger partial charge in [-0.2, -0.15) is 0 Å². The minimum atomic E-state index is 0.244. The Morgan fingerprint density at radius 1 is 1.00 bits per heavy atom. The molecule has 0 unspecified atom stereocenters. The van der Waals surface area contributed by atoms with Crippen molar-refractivity contribution in [3.8, 4) is 0 Å². The molecule has 114 valence electrons. The molecule has 23 heavy (non-hydrogen) atoms. The molecule has 0 spiro atoms. The highest BCUT2D eigenvalue weighted by Gasteiger charge is 2.24. The van der Waals surface area contributed by atoms with Crippen LogP contribution in [0.2, 0.25) is 0 Å². The minimum Gasteiger partial charge on any atom is -0.468 e. The summed E-state index contributed by atoms with van der Waals surface area (Å²) >= 11 is 1.83. The molecular weight excluding hydrogens is 302 g/mol. The summed E-state index contributed by atoms with van der Waals surface area (Å²) in [6.07, 6.45) is 2.60. The van der Waals surface area contributed by atoms with Gasteiger partial charge >= 0.3 is 0 Å². The molecule has 1 aromatic heterocycles. The molecule has 3 aromatic rings. The quantitative estimate of drug-likeness (QED) is 0.583. The number of benzene rings is 2. The zero-order valence-corrected chi connectivity index (χ0v) is 13.7. The van der Waals surface area contributed by atoms with Crippen molar-refractivity contribution in [2.45, 2.75) is 23.5 Å². The van der Waals surface area contributed by atoms with Crippen LogP contribution in [0, 0.1) is 6.92 Å². The third kappa shape index (κ3) is 2.97. The summed E-state index contributed by atoms with van der Waals surface area (Å²) in [5, 5.41) is 0.244. The first kappa shape index (κ1) is 14.3. The third-order valence-electron chi connectivity index (χ3n) is 4.01. The zero-order chi connectivity index (χ0) is 15.6. The first-order chi connectivity index (χ1) is 11.3. The van der Waals surface area contributed by atoms with Crippen LogP contribution in [0.5, 0.6) is 0 Å². The second-order valence-corrected chi connectivity index (χ2v) is 6.96. The molecule has 0 radical (unpaired) electrons. The van der Waals surface area contributed by atoms with Gasteiger partial charge in [-0.1, -0.05) is 42.0 Å². The van der Waals surface area contributed by atoms with Gasteiger partial charge in [0.05, 0.1) is 17.2 Å². The number of furan rings is 1. The summed E-state index contributed by atoms with van der Waals surface area (Å²) in [5.41, 5.74) is 4.61. The lowest BCUT2D eigenvalue weighted by atomic mass is 10.0. The van der Waals surface area contributed by atoms with E-state index < -0.39 is 0 Å². The second kappa shape index (κ2) is 6.09. The molecule has 0 saturated heterocycles. The normalized spacial score (nSPS) is 17.3. The third-order valence-corrected chi connectivity index (χ3v) is 5.30. The number of rotatable bonds is 2. The van der Waals surface area contributed by atoms with Crippen molar-refractivity contribution in [1.82, 2.24) is 0 Å². The van der Waals surface area contributed by atoms with Gasteiger partial charge in [0.15, 0.2) is 0 Å². The Balaban J connectivity index is 1.80. The Labute approximate surface area is 140 Å². The van der Waals surface area contributed by atoms with Gasteiger partial charge in [-0.25, -0.2) is 0 Å². The van der Waals surface area contributed by atoms with Gasteiger partial charge in [0.1, 0.15) is 5.76 Å². The number of para-hydroxylation sites is 1. The van der Waals surface area contributed by atoms with Crippen LogP contribution in [0.3, 0.4) is 0 Å². The fourth-order valence-electron chi connectivity index (χ4n) is 2.77. The Hall–Kier alpha value is -2.26. The van der Waals surface area contributed by atoms with Crippen LogP contribution >= 0.6 is 11.8 Å². The summed E-state index contributed by atoms with van der Waals surface area (Å²) in [5.74, 6) is 1.01. The van der Waals surface area contributed by atoms with Crippen LogP contribution < -0.4 is 0 Å². The molecule has 0 aliphatic carbocycles. The number of aliphatic imine (C=N–C) groups is 1. The molecule has 1 aliphatic rings. The highest BCUT2D eigenvalue weighted by molar-refractivity contribution is 7.99. The van der Waals surface area contributed by atoms with Gasteiger partial charge < -0.3 is 4.42 Å². The van der Waals surface area contributed by atoms with Gasteiger partial charge in [0, 0.05) is 17.0 Å². The Bertz CT molecular complexity index is 834. The molecule has 0 saturated carbocycles. The standard InChI is InChI=1S/C20H17NOS/c1-14-8-10-15(11-9-14)17-13-20(18-6-4-12-22-18)23-19-7-3-2-5-16(19)21-17/h2-12,20H,13H2,1H3/t20-/m0/s1. The molecule has 0 amide bonds. The highest BCUT2D eigenvalue weighted by Crippen LogP contribution is 2.45. The Morgan fingerprint density at radius 3 is 2.61 bits per heavy atom. The molecule has 0 N–H and O–H groups in total. The molecule has 2 nitrogen and oxygen atoms in total. The van der Waals surface area contributed by atoms with Crippen LogP contribution in [0.15, 0.2) is 81.2 Å². The predicted molar refractivity (Wildman–Crippen MR) is 95.7 cm³/mol. The van der Waals surface area contributed by atoms with Gasteiger partial charge in [0.2, 0.25) is 0 Å². The summed E-state index contributed by atoms with van der Waals surface area (Å²) in [4.78, 5) is 6.16. The van der Waals surface area contributed by atoms with Crippen LogP contribution in [0.4, 0.5) is 5.69 Å². The first-order valence-electron chi connectivity index (χ1n) is 7.73. The maximum atomic E-state index is 5.67. The monoisotopic (exact) mass is 319 g/mol. The zero-order valence-electron chi connectivity index (χ0n) is 12.9. The van der Waals surface area contributed by atoms with E-state index in [0.717, 1.165) is 23.6 Å². The van der Waals surface area contributed by atoms with E-state index in [1.54, 1.807) is 6.26 Å². The van der Waals surface area contributed by atoms with Crippen molar-refractivity contribution in [2.24, 2.45) is 4.99 Å². The average molecular weight is 319 g/mol. The average Bonchev–Trinajstić information content (AvgIpc) is 3.03. The molecule has 1 aliphatic heterocycles. The number of aryl methyl sites for hydroxylation is 1. The highest BCUT2D eigenvalue weighted by atomic mass is 32.2. The summed E-state index contributed by atoms with van der Waals surface area (Å²) < 4.78 is 5.67. The van der Waals surface area contributed by atoms with Crippen LogP contribution in [0.1, 0.15) is 28.6 Å². The van der Waals surface area contributed by atoms with Gasteiger partial charge in [0.25, 0.3) is 0 Å². The molecule has 2 heterocycles. The van der Waals surface area contributed by atoms with Crippen molar-refractivity contribution in [1.29, 1.82) is 0 Å². The lowest BCUT2D eigenvalue weighted by Crippen LogP contribution is -2.04. The van der Waals surface area contributed by atoms with E-state index in [2.05, 4.69) is 55.5 Å². The van der Waals surface area contributed by atoms with E-state index in [9.17, 15) is 0 Å². The SMILES string of the molecule is Cc1ccc(C2=Nc3ccccc3S[C@H](c3ccco3)C2)cc1. The molecule has 0 fully saturated rings. The number of hydrogen-bond acceptors (Lipinski definition) is 3. The number of thioether (sulfide) groups is 1. The second-order valence-electron chi connectivity index (χ2n) is 5.72. The van der Waals surface area contributed by atoms with Crippen LogP contribution in [-0.2, 0) is 0 Å². The summed E-state index contributed by atoms with van der Waals surface area (Å²) in [7, 11) is 0. The van der Waals surface area contributed by atoms with Crippen LogP contribution in [0.25, 0.3) is 0 Å². The Morgan fingerprint density at radius 2 is 1.83 bits per heavy atom. The molecule has 0 bridgehead atoms. The fraction of sp³-hybridized carbons (Fsp3) is 0.150. The number of fused-ring (bicyclic) bond motifs is 1. The van der Waals surface area contributed by atoms with Gasteiger partial charge in [-0.05, 0) is 36.8 Å². The largest absolute Gasteiger partial charge is 0.468 e. The van der Waals surface area contributed by atoms with E-state index in [1.807, 2.05) is 23.9 Å². The topological polar surface area (TPSA) is 25.5 Å². The molecule has 1 atom stereocenters. The van der Waals surface area contributed by atoms with Crippen molar-refractivity contribution >= 4 is 23.2 Å². The van der Waals surface area contributed by atoms with E-state index in [-0.39, 0.29) is 5.25 Å². The maximum absolute atomic E-state index is 5.67. The maximum Gasteiger partial charge on any atom is 0.117 e. The van der Waals surface area contributed by atoms with Gasteiger partial charge in [-0.15, -0.1) is 11.8 Å².